The third-order valence-electron chi connectivity index (χ3n) is 3.77. The number of carbonyl (C=O) groups excluding carboxylic acids is 1. The number of carbonyl (C=O) groups is 2. The largest absolute Gasteiger partial charge is 0.480 e. The smallest absolute Gasteiger partial charge is 0.326 e. The Bertz CT molecular complexity index is 544. The van der Waals surface area contributed by atoms with Crippen molar-refractivity contribution in [2.45, 2.75) is 39.7 Å². The molecule has 0 bridgehead atoms. The molecule has 0 saturated carbocycles. The van der Waals surface area contributed by atoms with Crippen LogP contribution >= 0.6 is 0 Å². The van der Waals surface area contributed by atoms with Gasteiger partial charge in [-0.15, -0.1) is 0 Å². The molecule has 1 saturated heterocycles. The van der Waals surface area contributed by atoms with Gasteiger partial charge in [-0.05, 0) is 31.7 Å². The van der Waals surface area contributed by atoms with Crippen LogP contribution in [-0.2, 0) is 11.2 Å². The number of aryl methyl sites for hydroxylation is 2. The van der Waals surface area contributed by atoms with Gasteiger partial charge in [-0.25, -0.2) is 4.79 Å². The van der Waals surface area contributed by atoms with Crippen molar-refractivity contribution in [1.29, 1.82) is 0 Å². The van der Waals surface area contributed by atoms with E-state index in [0.717, 1.165) is 0 Å². The molecule has 2 rings (SSSR count). The van der Waals surface area contributed by atoms with Crippen LogP contribution in [0.4, 0.5) is 0 Å². The van der Waals surface area contributed by atoms with Crippen molar-refractivity contribution in [3.63, 3.8) is 0 Å². The van der Waals surface area contributed by atoms with E-state index in [1.54, 1.807) is 13.0 Å². The topological polar surface area (TPSA) is 83.4 Å². The van der Waals surface area contributed by atoms with Crippen LogP contribution in [0.25, 0.3) is 0 Å². The Morgan fingerprint density at radius 2 is 2.15 bits per heavy atom. The van der Waals surface area contributed by atoms with Gasteiger partial charge >= 0.3 is 5.97 Å². The lowest BCUT2D eigenvalue weighted by Crippen LogP contribution is -2.43. The minimum atomic E-state index is -0.944. The maximum Gasteiger partial charge on any atom is 0.326 e. The molecule has 1 aliphatic heterocycles. The van der Waals surface area contributed by atoms with E-state index in [2.05, 4.69) is 10.2 Å². The zero-order chi connectivity index (χ0) is 14.9. The molecular formula is C14H19N3O3. The molecule has 2 atom stereocenters. The van der Waals surface area contributed by atoms with E-state index in [0.29, 0.717) is 36.3 Å². The van der Waals surface area contributed by atoms with Gasteiger partial charge in [0.15, 0.2) is 0 Å². The number of aliphatic carboxylic acids is 1. The van der Waals surface area contributed by atoms with Crippen LogP contribution in [-0.4, -0.2) is 44.7 Å². The van der Waals surface area contributed by atoms with Crippen molar-refractivity contribution in [3.8, 4) is 0 Å². The second-order valence-electron chi connectivity index (χ2n) is 5.25. The van der Waals surface area contributed by atoms with Crippen LogP contribution in [0.2, 0.25) is 0 Å². The highest BCUT2D eigenvalue weighted by atomic mass is 16.4. The van der Waals surface area contributed by atoms with Crippen LogP contribution in [0.15, 0.2) is 6.07 Å². The number of aromatic nitrogens is 2. The van der Waals surface area contributed by atoms with Crippen LogP contribution < -0.4 is 0 Å². The van der Waals surface area contributed by atoms with E-state index in [1.807, 2.05) is 13.8 Å². The van der Waals surface area contributed by atoms with E-state index in [4.69, 9.17) is 0 Å². The standard InChI is InChI=1S/C14H19N3O3/c1-4-11-10(7-9(3)15-16-11)13(18)17-6-5-8(2)12(17)14(19)20/h7-8,12H,4-6H2,1-3H3,(H,19,20). The zero-order valence-electron chi connectivity index (χ0n) is 12.0. The van der Waals surface area contributed by atoms with Gasteiger partial charge in [0, 0.05) is 6.54 Å². The summed E-state index contributed by atoms with van der Waals surface area (Å²) in [6.45, 7) is 6.01. The number of likely N-dealkylation sites (tertiary alicyclic amines) is 1. The highest BCUT2D eigenvalue weighted by molar-refractivity contribution is 5.98. The SMILES string of the molecule is CCc1nnc(C)cc1C(=O)N1CCC(C)C1C(=O)O. The van der Waals surface area contributed by atoms with Crippen molar-refractivity contribution in [3.05, 3.63) is 23.0 Å². The molecule has 1 aromatic rings. The number of carboxylic acid groups (broad SMARTS) is 1. The predicted molar refractivity (Wildman–Crippen MR) is 72.4 cm³/mol. The first-order valence-electron chi connectivity index (χ1n) is 6.82. The first-order chi connectivity index (χ1) is 9.45. The summed E-state index contributed by atoms with van der Waals surface area (Å²) in [4.78, 5) is 25.4. The Balaban J connectivity index is 2.36. The molecule has 6 heteroatoms. The van der Waals surface area contributed by atoms with Crippen molar-refractivity contribution in [1.82, 2.24) is 15.1 Å². The maximum atomic E-state index is 12.6. The average molecular weight is 277 g/mol. The van der Waals surface area contributed by atoms with E-state index >= 15 is 0 Å². The molecule has 6 nitrogen and oxygen atoms in total. The summed E-state index contributed by atoms with van der Waals surface area (Å²) >= 11 is 0. The summed E-state index contributed by atoms with van der Waals surface area (Å²) < 4.78 is 0. The van der Waals surface area contributed by atoms with Gasteiger partial charge in [0.25, 0.3) is 5.91 Å². The molecule has 1 amide bonds. The molecule has 0 spiro atoms. The summed E-state index contributed by atoms with van der Waals surface area (Å²) in [5.74, 6) is -1.23. The zero-order valence-corrected chi connectivity index (χ0v) is 12.0. The van der Waals surface area contributed by atoms with Crippen LogP contribution in [0, 0.1) is 12.8 Å². The van der Waals surface area contributed by atoms with Crippen LogP contribution in [0.5, 0.6) is 0 Å². The van der Waals surface area contributed by atoms with Crippen molar-refractivity contribution in [2.24, 2.45) is 5.92 Å². The van der Waals surface area contributed by atoms with Crippen LogP contribution in [0.1, 0.15) is 42.0 Å². The minimum absolute atomic E-state index is 0.0302. The van der Waals surface area contributed by atoms with E-state index < -0.39 is 12.0 Å². The lowest BCUT2D eigenvalue weighted by molar-refractivity contribution is -0.142. The summed E-state index contributed by atoms with van der Waals surface area (Å²) in [6.07, 6.45) is 1.30. The number of nitrogens with zero attached hydrogens (tertiary/aromatic N) is 3. The fourth-order valence-corrected chi connectivity index (χ4v) is 2.67. The van der Waals surface area contributed by atoms with Crippen molar-refractivity contribution >= 4 is 11.9 Å². The second kappa shape index (κ2) is 5.56. The molecule has 20 heavy (non-hydrogen) atoms. The van der Waals surface area contributed by atoms with E-state index in [1.165, 1.54) is 4.90 Å². The molecule has 2 heterocycles. The lowest BCUT2D eigenvalue weighted by Gasteiger charge is -2.24. The van der Waals surface area contributed by atoms with Crippen molar-refractivity contribution in [2.75, 3.05) is 6.54 Å². The molecule has 0 aliphatic carbocycles. The number of hydrogen-bond donors (Lipinski definition) is 1. The van der Waals surface area contributed by atoms with Gasteiger partial charge in [0.05, 0.1) is 17.0 Å². The molecule has 1 N–H and O–H groups in total. The summed E-state index contributed by atoms with van der Waals surface area (Å²) in [7, 11) is 0. The van der Waals surface area contributed by atoms with Crippen molar-refractivity contribution < 1.29 is 14.7 Å². The molecule has 108 valence electrons. The molecule has 2 unspecified atom stereocenters. The lowest BCUT2D eigenvalue weighted by atomic mass is 10.0. The molecule has 0 aromatic carbocycles. The third-order valence-corrected chi connectivity index (χ3v) is 3.77. The Kier molecular flexibility index (Phi) is 4.01. The molecule has 0 radical (unpaired) electrons. The Hall–Kier alpha value is -1.98. The number of rotatable bonds is 3. The molecular weight excluding hydrogens is 258 g/mol. The first kappa shape index (κ1) is 14.4. The monoisotopic (exact) mass is 277 g/mol. The molecule has 1 aliphatic rings. The summed E-state index contributed by atoms with van der Waals surface area (Å²) in [6, 6.07) is 0.941. The van der Waals surface area contributed by atoms with Gasteiger partial charge in [-0.3, -0.25) is 4.79 Å². The van der Waals surface area contributed by atoms with E-state index in [-0.39, 0.29) is 11.8 Å². The predicted octanol–water partition coefficient (Wildman–Crippen LogP) is 1.28. The molecule has 1 fully saturated rings. The highest BCUT2D eigenvalue weighted by Crippen LogP contribution is 2.26. The fourth-order valence-electron chi connectivity index (χ4n) is 2.67. The van der Waals surface area contributed by atoms with E-state index in [9.17, 15) is 14.7 Å². The van der Waals surface area contributed by atoms with Crippen LogP contribution in [0.3, 0.4) is 0 Å². The Morgan fingerprint density at radius 1 is 1.45 bits per heavy atom. The van der Waals surface area contributed by atoms with Gasteiger partial charge in [-0.1, -0.05) is 13.8 Å². The maximum absolute atomic E-state index is 12.6. The third kappa shape index (κ3) is 2.50. The van der Waals surface area contributed by atoms with Gasteiger partial charge < -0.3 is 10.0 Å². The Morgan fingerprint density at radius 3 is 2.75 bits per heavy atom. The number of carboxylic acids is 1. The highest BCUT2D eigenvalue weighted by Gasteiger charge is 2.40. The van der Waals surface area contributed by atoms with Gasteiger partial charge in [-0.2, -0.15) is 10.2 Å². The first-order valence-corrected chi connectivity index (χ1v) is 6.82. The Labute approximate surface area is 117 Å². The fraction of sp³-hybridized carbons (Fsp3) is 0.571. The normalized spacial score (nSPS) is 22.1. The minimum Gasteiger partial charge on any atom is -0.480 e. The number of hydrogen-bond acceptors (Lipinski definition) is 4. The quantitative estimate of drug-likeness (QED) is 0.899. The molecule has 1 aromatic heterocycles. The number of amides is 1. The average Bonchev–Trinajstić information content (AvgIpc) is 2.79. The van der Waals surface area contributed by atoms with Gasteiger partial charge in [0.1, 0.15) is 6.04 Å². The van der Waals surface area contributed by atoms with Gasteiger partial charge in [0.2, 0.25) is 0 Å². The second-order valence-corrected chi connectivity index (χ2v) is 5.25. The summed E-state index contributed by atoms with van der Waals surface area (Å²) in [5.41, 5.74) is 1.74. The summed E-state index contributed by atoms with van der Waals surface area (Å²) in [5, 5.41) is 17.3.